The molecule has 0 spiro atoms. The van der Waals surface area contributed by atoms with Gasteiger partial charge in [-0.1, -0.05) is 6.42 Å². The number of aryl methyl sites for hydroxylation is 2. The average Bonchev–Trinajstić information content (AvgIpc) is 2.95. The Morgan fingerprint density at radius 1 is 1.27 bits per heavy atom. The van der Waals surface area contributed by atoms with E-state index in [9.17, 15) is 8.42 Å². The molecule has 3 rings (SSSR count). The van der Waals surface area contributed by atoms with E-state index in [1.165, 1.54) is 23.2 Å². The largest absolute Gasteiger partial charge is 0.339 e. The first-order valence-electron chi connectivity index (χ1n) is 7.26. The van der Waals surface area contributed by atoms with Crippen LogP contribution in [0.15, 0.2) is 30.1 Å². The van der Waals surface area contributed by atoms with Gasteiger partial charge in [0.2, 0.25) is 0 Å². The molecule has 0 radical (unpaired) electrons. The van der Waals surface area contributed by atoms with E-state index in [0.717, 1.165) is 30.5 Å². The van der Waals surface area contributed by atoms with Gasteiger partial charge in [-0.3, -0.25) is 0 Å². The smallest absolute Gasteiger partial charge is 0.262 e. The van der Waals surface area contributed by atoms with Gasteiger partial charge in [0.05, 0.1) is 18.1 Å². The second kappa shape index (κ2) is 5.77. The quantitative estimate of drug-likeness (QED) is 0.854. The van der Waals surface area contributed by atoms with Gasteiger partial charge in [-0.05, 0) is 25.3 Å². The van der Waals surface area contributed by atoms with Crippen LogP contribution in [-0.4, -0.2) is 38.8 Å². The number of imidazole rings is 1. The summed E-state index contributed by atoms with van der Waals surface area (Å²) in [5.41, 5.74) is 1.70. The molecule has 118 valence electrons. The Bertz CT molecular complexity index is 771. The summed E-state index contributed by atoms with van der Waals surface area (Å²) in [5, 5.41) is 0.0913. The maximum Gasteiger partial charge on any atom is 0.262 e. The fourth-order valence-corrected chi connectivity index (χ4v) is 4.50. The maximum absolute atomic E-state index is 12.9. The molecule has 0 N–H and O–H groups in total. The molecular weight excluding hydrogens is 302 g/mol. The van der Waals surface area contributed by atoms with Gasteiger partial charge in [0.25, 0.3) is 10.0 Å². The van der Waals surface area contributed by atoms with Crippen molar-refractivity contribution in [2.45, 2.75) is 37.3 Å². The second-order valence-corrected chi connectivity index (χ2v) is 7.43. The molecule has 2 aromatic rings. The molecule has 22 heavy (non-hydrogen) atoms. The van der Waals surface area contributed by atoms with Crippen LogP contribution in [0.3, 0.4) is 0 Å². The van der Waals surface area contributed by atoms with Gasteiger partial charge >= 0.3 is 0 Å². The molecule has 2 aromatic heterocycles. The number of nitrogens with zero attached hydrogens (tertiary/aromatic N) is 5. The van der Waals surface area contributed by atoms with Crippen LogP contribution in [0.1, 0.15) is 36.6 Å². The molecule has 8 heteroatoms. The maximum atomic E-state index is 12.9. The molecule has 1 aliphatic heterocycles. The minimum Gasteiger partial charge on any atom is -0.339 e. The molecule has 1 atom stereocenters. The number of rotatable bonds is 3. The summed E-state index contributed by atoms with van der Waals surface area (Å²) in [7, 11) is -1.86. The predicted octanol–water partition coefficient (Wildman–Crippen LogP) is 1.43. The van der Waals surface area contributed by atoms with Crippen molar-refractivity contribution in [3.8, 4) is 0 Å². The third-order valence-corrected chi connectivity index (χ3v) is 5.75. The third-order valence-electron chi connectivity index (χ3n) is 3.96. The van der Waals surface area contributed by atoms with Crippen LogP contribution < -0.4 is 0 Å². The summed E-state index contributed by atoms with van der Waals surface area (Å²) in [6.45, 7) is 2.41. The molecular formula is C14H19N5O2S. The highest BCUT2D eigenvalue weighted by Crippen LogP contribution is 2.35. The monoisotopic (exact) mass is 321 g/mol. The highest BCUT2D eigenvalue weighted by molar-refractivity contribution is 7.89. The molecule has 0 aromatic carbocycles. The molecule has 0 aliphatic carbocycles. The van der Waals surface area contributed by atoms with Crippen LogP contribution in [0.5, 0.6) is 0 Å². The van der Waals surface area contributed by atoms with Gasteiger partial charge in [-0.15, -0.1) is 0 Å². The van der Waals surface area contributed by atoms with E-state index < -0.39 is 10.0 Å². The van der Waals surface area contributed by atoms with Gasteiger partial charge in [-0.25, -0.2) is 23.4 Å². The van der Waals surface area contributed by atoms with Crippen LogP contribution in [0.2, 0.25) is 0 Å². The van der Waals surface area contributed by atoms with E-state index in [1.807, 2.05) is 6.92 Å². The normalized spacial score (nSPS) is 20.2. The van der Waals surface area contributed by atoms with Crippen molar-refractivity contribution in [3.63, 3.8) is 0 Å². The summed E-state index contributed by atoms with van der Waals surface area (Å²) in [6, 6.07) is -0.247. The number of hydrogen-bond donors (Lipinski definition) is 0. The van der Waals surface area contributed by atoms with Crippen molar-refractivity contribution in [2.24, 2.45) is 7.05 Å². The Balaban J connectivity index is 2.02. The zero-order valence-electron chi connectivity index (χ0n) is 12.7. The standard InChI is InChI=1S/C14H19N5O2S/c1-11-7-15-9-16-14(11)12-5-3-4-6-19(12)22(20,21)13-8-18(2)10-17-13/h7-10,12H,3-6H2,1-2H3/t12-/m0/s1. The number of sulfonamides is 1. The highest BCUT2D eigenvalue weighted by atomic mass is 32.2. The van der Waals surface area contributed by atoms with Crippen LogP contribution >= 0.6 is 0 Å². The molecule has 0 bridgehead atoms. The lowest BCUT2D eigenvalue weighted by Crippen LogP contribution is -2.39. The molecule has 1 fully saturated rings. The minimum absolute atomic E-state index is 0.0913. The molecule has 1 aliphatic rings. The van der Waals surface area contributed by atoms with Gasteiger partial charge < -0.3 is 4.57 Å². The van der Waals surface area contributed by atoms with E-state index >= 15 is 0 Å². The van der Waals surface area contributed by atoms with Crippen molar-refractivity contribution in [1.29, 1.82) is 0 Å². The first-order valence-corrected chi connectivity index (χ1v) is 8.70. The highest BCUT2D eigenvalue weighted by Gasteiger charge is 2.36. The third kappa shape index (κ3) is 2.64. The molecule has 0 saturated carbocycles. The number of hydrogen-bond acceptors (Lipinski definition) is 5. The van der Waals surface area contributed by atoms with Gasteiger partial charge in [0.1, 0.15) is 6.33 Å². The lowest BCUT2D eigenvalue weighted by atomic mass is 9.99. The molecule has 0 unspecified atom stereocenters. The fourth-order valence-electron chi connectivity index (χ4n) is 2.87. The summed E-state index contributed by atoms with van der Waals surface area (Å²) < 4.78 is 29.0. The Kier molecular flexibility index (Phi) is 3.96. The molecule has 3 heterocycles. The van der Waals surface area contributed by atoms with Crippen molar-refractivity contribution in [1.82, 2.24) is 23.8 Å². The first-order chi connectivity index (χ1) is 10.5. The molecule has 7 nitrogen and oxygen atoms in total. The second-order valence-electron chi connectivity index (χ2n) is 5.60. The predicted molar refractivity (Wildman–Crippen MR) is 80.5 cm³/mol. The fraction of sp³-hybridized carbons (Fsp3) is 0.500. The Hall–Kier alpha value is -1.80. The average molecular weight is 321 g/mol. The lowest BCUT2D eigenvalue weighted by molar-refractivity contribution is 0.250. The van der Waals surface area contributed by atoms with E-state index in [4.69, 9.17) is 0 Å². The first kappa shape index (κ1) is 15.1. The van der Waals surface area contributed by atoms with Crippen molar-refractivity contribution < 1.29 is 8.42 Å². The summed E-state index contributed by atoms with van der Waals surface area (Å²) >= 11 is 0. The number of aromatic nitrogens is 4. The summed E-state index contributed by atoms with van der Waals surface area (Å²) in [6.07, 6.45) is 8.85. The topological polar surface area (TPSA) is 81.0 Å². The Morgan fingerprint density at radius 3 is 2.77 bits per heavy atom. The Labute approximate surface area is 130 Å². The minimum atomic E-state index is -3.61. The van der Waals surface area contributed by atoms with E-state index in [-0.39, 0.29) is 11.1 Å². The van der Waals surface area contributed by atoms with E-state index in [2.05, 4.69) is 15.0 Å². The van der Waals surface area contributed by atoms with Gasteiger partial charge in [0.15, 0.2) is 5.03 Å². The van der Waals surface area contributed by atoms with Crippen LogP contribution in [-0.2, 0) is 17.1 Å². The zero-order chi connectivity index (χ0) is 15.7. The summed E-state index contributed by atoms with van der Waals surface area (Å²) in [5.74, 6) is 0. The van der Waals surface area contributed by atoms with Gasteiger partial charge in [0, 0.05) is 26.0 Å². The lowest BCUT2D eigenvalue weighted by Gasteiger charge is -2.34. The van der Waals surface area contributed by atoms with Crippen molar-refractivity contribution in [2.75, 3.05) is 6.54 Å². The van der Waals surface area contributed by atoms with Crippen LogP contribution in [0.4, 0.5) is 0 Å². The zero-order valence-corrected chi connectivity index (χ0v) is 13.5. The van der Waals surface area contributed by atoms with Crippen molar-refractivity contribution in [3.05, 3.63) is 36.3 Å². The van der Waals surface area contributed by atoms with Crippen LogP contribution in [0.25, 0.3) is 0 Å². The van der Waals surface area contributed by atoms with E-state index in [0.29, 0.717) is 6.54 Å². The number of piperidine rings is 1. The molecule has 0 amide bonds. The molecule has 1 saturated heterocycles. The SMILES string of the molecule is Cc1cncnc1[C@@H]1CCCCN1S(=O)(=O)c1cn(C)cn1. The van der Waals surface area contributed by atoms with Gasteiger partial charge in [-0.2, -0.15) is 4.31 Å². The van der Waals surface area contributed by atoms with Crippen LogP contribution in [0, 0.1) is 6.92 Å². The summed E-state index contributed by atoms with van der Waals surface area (Å²) in [4.78, 5) is 12.3. The Morgan fingerprint density at radius 2 is 2.09 bits per heavy atom. The van der Waals surface area contributed by atoms with Crippen molar-refractivity contribution >= 4 is 10.0 Å². The van der Waals surface area contributed by atoms with E-state index in [1.54, 1.807) is 17.8 Å².